The fraction of sp³-hybridized carbons (Fsp3) is 0.540. The van der Waals surface area contributed by atoms with Crippen LogP contribution in [0.5, 0.6) is 5.75 Å². The Balaban J connectivity index is 0.686. The summed E-state index contributed by atoms with van der Waals surface area (Å²) < 4.78 is 63.6. The molecule has 85 heavy (non-hydrogen) atoms. The second-order valence-corrected chi connectivity index (χ2v) is 26.8. The molecule has 0 bridgehead atoms. The van der Waals surface area contributed by atoms with Gasteiger partial charge < -0.3 is 50.0 Å². The van der Waals surface area contributed by atoms with Gasteiger partial charge in [0, 0.05) is 63.0 Å². The van der Waals surface area contributed by atoms with Crippen molar-refractivity contribution >= 4 is 62.1 Å². The van der Waals surface area contributed by atoms with Gasteiger partial charge >= 0.3 is 0 Å². The van der Waals surface area contributed by atoms with E-state index >= 15 is 0 Å². The van der Waals surface area contributed by atoms with E-state index in [0.29, 0.717) is 89.4 Å². The number of halogens is 2. The second kappa shape index (κ2) is 30.2. The van der Waals surface area contributed by atoms with E-state index in [4.69, 9.17) is 35.5 Å². The van der Waals surface area contributed by atoms with Crippen LogP contribution in [-0.4, -0.2) is 185 Å². The minimum Gasteiger partial charge on any atom is -0.489 e. The third-order valence-corrected chi connectivity index (χ3v) is 18.2. The van der Waals surface area contributed by atoms with Crippen LogP contribution in [0.3, 0.4) is 0 Å². The van der Waals surface area contributed by atoms with Crippen molar-refractivity contribution in [3.63, 3.8) is 0 Å². The number of hydrogen-bond acceptors (Lipinski definition) is 17. The number of likely N-dealkylation sites (N-methyl/N-ethyl adjacent to an activating group) is 1. The van der Waals surface area contributed by atoms with Crippen LogP contribution in [-0.2, 0) is 45.5 Å². The van der Waals surface area contributed by atoms with E-state index in [2.05, 4.69) is 92.8 Å². The van der Waals surface area contributed by atoms with Crippen molar-refractivity contribution in [2.45, 2.75) is 114 Å². The Kier molecular flexibility index (Phi) is 23.1. The van der Waals surface area contributed by atoms with Gasteiger partial charge in [-0.2, -0.15) is 4.98 Å². The first-order valence-electron chi connectivity index (χ1n) is 29.8. The molecule has 0 unspecified atom stereocenters. The third kappa shape index (κ3) is 18.1. The molecule has 19 nitrogen and oxygen atoms in total. The molecule has 5 heterocycles. The van der Waals surface area contributed by atoms with Gasteiger partial charge in [-0.1, -0.05) is 49.7 Å². The van der Waals surface area contributed by atoms with Gasteiger partial charge in [0.15, 0.2) is 15.7 Å². The quantitative estimate of drug-likeness (QED) is 0.0333. The fourth-order valence-corrected chi connectivity index (χ4v) is 12.5. The minimum atomic E-state index is -3.59. The molecular weight excluding hydrogens is 1130 g/mol. The molecule has 2 fully saturated rings. The number of aryl methyl sites for hydroxylation is 1. The Hall–Kier alpha value is -5.88. The van der Waals surface area contributed by atoms with Crippen molar-refractivity contribution in [1.29, 1.82) is 0 Å². The topological polar surface area (TPSA) is 205 Å². The van der Waals surface area contributed by atoms with Crippen molar-refractivity contribution in [3.05, 3.63) is 118 Å². The number of amides is 2. The number of hydrogen-bond donors (Lipinski definition) is 4. The fourth-order valence-electron chi connectivity index (χ4n) is 11.2. The monoisotopic (exact) mass is 1210 g/mol. The Labute approximate surface area is 507 Å². The zero-order valence-electron chi connectivity index (χ0n) is 50.9. The number of piperazine rings is 1. The van der Waals surface area contributed by atoms with E-state index in [1.54, 1.807) is 50.2 Å². The third-order valence-electron chi connectivity index (χ3n) is 15.7. The number of benzene rings is 3. The highest BCUT2D eigenvalue weighted by Crippen LogP contribution is 2.41. The Morgan fingerprint density at radius 3 is 2.31 bits per heavy atom. The molecule has 0 radical (unpaired) electrons. The summed E-state index contributed by atoms with van der Waals surface area (Å²) >= 11 is 6.53. The molecule has 4 N–H and O–H groups in total. The van der Waals surface area contributed by atoms with Crippen LogP contribution < -0.4 is 30.9 Å². The normalized spacial score (nSPS) is 17.6. The Morgan fingerprint density at radius 1 is 0.882 bits per heavy atom. The van der Waals surface area contributed by atoms with Gasteiger partial charge in [0.2, 0.25) is 17.8 Å². The average molecular weight is 1210 g/mol. The first-order valence-corrected chi connectivity index (χ1v) is 31.7. The smallest absolute Gasteiger partial charge is 0.241 e. The number of anilines is 5. The van der Waals surface area contributed by atoms with Crippen LogP contribution in [0.25, 0.3) is 0 Å². The standard InChI is InChI=1S/C63H87ClFN11O8S/c1-42(2)84-56-33-51(44(5)30-54(56)71-62-69-36-52(64)61(72-62)70-53-12-10-11-13-57(53)85(79,80)43(3)4)48-18-21-74(22-19-48)39-58(77)66-20-24-81-26-28-83-29-27-82-25-23-73(9)38-50-35-67-45(6)37-75(50)40-59(78)76-41-63(7,8)60-55(76)32-47(34-68-60)31-46-14-16-49(65)17-15-46/h10-17,30,32-34,36,42-43,45,48,50,67H,18-29,31,35,37-41H2,1-9H3,(H,66,77)(H2,69,70,71,72)/t45-,50-/m1/s1. The lowest BCUT2D eigenvalue weighted by atomic mass is 9.86. The second-order valence-electron chi connectivity index (χ2n) is 23.9. The molecule has 2 atom stereocenters. The molecule has 2 saturated heterocycles. The summed E-state index contributed by atoms with van der Waals surface area (Å²) in [6, 6.07) is 19.8. The van der Waals surface area contributed by atoms with Crippen LogP contribution >= 0.6 is 11.6 Å². The number of carbonyl (C=O) groups is 2. The number of pyridine rings is 1. The van der Waals surface area contributed by atoms with Crippen molar-refractivity contribution in [1.82, 2.24) is 40.3 Å². The van der Waals surface area contributed by atoms with Gasteiger partial charge in [0.05, 0.1) is 97.9 Å². The first kappa shape index (κ1) is 65.1. The molecule has 0 saturated carbocycles. The van der Waals surface area contributed by atoms with Gasteiger partial charge in [0.1, 0.15) is 16.6 Å². The molecular formula is C63H87ClFN11O8S. The lowest BCUT2D eigenvalue weighted by Crippen LogP contribution is -2.60. The molecule has 3 aliphatic heterocycles. The van der Waals surface area contributed by atoms with Crippen LogP contribution in [0.2, 0.25) is 5.02 Å². The summed E-state index contributed by atoms with van der Waals surface area (Å²) in [5.74, 6) is 1.20. The highest BCUT2D eigenvalue weighted by atomic mass is 35.5. The summed E-state index contributed by atoms with van der Waals surface area (Å²) in [7, 11) is -1.50. The summed E-state index contributed by atoms with van der Waals surface area (Å²) in [5, 5.41) is 12.6. The Bertz CT molecular complexity index is 3150. The molecule has 8 rings (SSSR count). The number of nitrogens with zero attached hydrogens (tertiary/aromatic N) is 7. The maximum Gasteiger partial charge on any atom is 0.241 e. The van der Waals surface area contributed by atoms with Gasteiger partial charge in [-0.3, -0.25) is 24.4 Å². The number of sulfone groups is 1. The predicted molar refractivity (Wildman–Crippen MR) is 332 cm³/mol. The van der Waals surface area contributed by atoms with Gasteiger partial charge in [-0.15, -0.1) is 0 Å². The van der Waals surface area contributed by atoms with Crippen LogP contribution in [0, 0.1) is 12.7 Å². The highest BCUT2D eigenvalue weighted by molar-refractivity contribution is 7.92. The maximum atomic E-state index is 14.2. The highest BCUT2D eigenvalue weighted by Gasteiger charge is 2.41. The predicted octanol–water partition coefficient (Wildman–Crippen LogP) is 8.28. The van der Waals surface area contributed by atoms with Gasteiger partial charge in [0.25, 0.3) is 0 Å². The van der Waals surface area contributed by atoms with Crippen LogP contribution in [0.4, 0.5) is 33.2 Å². The number of piperidine rings is 1. The molecule has 462 valence electrons. The zero-order chi connectivity index (χ0) is 60.8. The number of nitrogens with one attached hydrogen (secondary N) is 4. The molecule has 3 aromatic carbocycles. The number of likely N-dealkylation sites (tertiary alicyclic amines) is 1. The number of carbonyl (C=O) groups excluding carboxylic acids is 2. The molecule has 0 spiro atoms. The van der Waals surface area contributed by atoms with Crippen molar-refractivity contribution < 1.29 is 41.3 Å². The summed E-state index contributed by atoms with van der Waals surface area (Å²) in [6.45, 7) is 24.7. The number of ether oxygens (including phenoxy) is 4. The Morgan fingerprint density at radius 2 is 1.59 bits per heavy atom. The van der Waals surface area contributed by atoms with Crippen LogP contribution in [0.15, 0.2) is 84.0 Å². The molecule has 0 aliphatic carbocycles. The molecule has 5 aromatic rings. The summed E-state index contributed by atoms with van der Waals surface area (Å²) in [4.78, 5) is 49.8. The maximum absolute atomic E-state index is 14.2. The van der Waals surface area contributed by atoms with E-state index in [1.807, 2.05) is 31.0 Å². The number of fused-ring (bicyclic) bond motifs is 1. The number of para-hydroxylation sites is 1. The molecule has 22 heteroatoms. The van der Waals surface area contributed by atoms with E-state index in [-0.39, 0.29) is 68.8 Å². The minimum absolute atomic E-state index is 0.0349. The van der Waals surface area contributed by atoms with Gasteiger partial charge in [-0.25, -0.2) is 17.8 Å². The van der Waals surface area contributed by atoms with Gasteiger partial charge in [-0.05, 0) is 152 Å². The SMILES string of the molecule is Cc1cc(Nc2ncc(Cl)c(Nc3ccccc3S(=O)(=O)C(C)C)n2)c(OC(C)C)cc1C1CCN(CC(=O)NCCOCCOCCOCCN(C)C[C@H]2CN[C@H](C)CN2CC(=O)N2CC(C)(C)c3ncc(Cc4ccc(F)cc4)cc32)CC1. The summed E-state index contributed by atoms with van der Waals surface area (Å²) in [5.41, 5.74) is 6.81. The van der Waals surface area contributed by atoms with E-state index < -0.39 is 15.1 Å². The largest absolute Gasteiger partial charge is 0.489 e. The number of aromatic nitrogens is 3. The van der Waals surface area contributed by atoms with Crippen LogP contribution in [0.1, 0.15) is 95.2 Å². The van der Waals surface area contributed by atoms with Crippen molar-refractivity contribution in [2.24, 2.45) is 0 Å². The summed E-state index contributed by atoms with van der Waals surface area (Å²) in [6.07, 6.45) is 5.61. The lowest BCUT2D eigenvalue weighted by molar-refractivity contribution is -0.123. The molecule has 3 aliphatic rings. The zero-order valence-corrected chi connectivity index (χ0v) is 52.5. The number of rotatable bonds is 29. The molecule has 2 aromatic heterocycles. The van der Waals surface area contributed by atoms with E-state index in [1.165, 1.54) is 23.9 Å². The first-order chi connectivity index (χ1) is 40.6. The molecule has 2 amide bonds. The lowest BCUT2D eigenvalue weighted by Gasteiger charge is -2.41. The average Bonchev–Trinajstić information content (AvgIpc) is 1.88. The van der Waals surface area contributed by atoms with E-state index in [0.717, 1.165) is 80.2 Å². The van der Waals surface area contributed by atoms with Crippen molar-refractivity contribution in [2.75, 3.05) is 128 Å². The van der Waals surface area contributed by atoms with Crippen molar-refractivity contribution in [3.8, 4) is 5.75 Å². The van der Waals surface area contributed by atoms with E-state index in [9.17, 15) is 22.4 Å².